The van der Waals surface area contributed by atoms with E-state index in [4.69, 9.17) is 20.9 Å². The van der Waals surface area contributed by atoms with Crippen LogP contribution in [-0.2, 0) is 4.74 Å². The maximum atomic E-state index is 12.1. The molecule has 2 aromatic heterocycles. The van der Waals surface area contributed by atoms with Crippen LogP contribution < -0.4 is 10.2 Å². The van der Waals surface area contributed by atoms with Gasteiger partial charge in [0.1, 0.15) is 24.5 Å². The molecule has 0 bridgehead atoms. The van der Waals surface area contributed by atoms with Crippen LogP contribution in [0.3, 0.4) is 0 Å². The number of halogens is 1. The van der Waals surface area contributed by atoms with E-state index >= 15 is 0 Å². The lowest BCUT2D eigenvalue weighted by molar-refractivity contribution is 0.142. The summed E-state index contributed by atoms with van der Waals surface area (Å²) in [5.41, 5.74) is 1.71. The zero-order chi connectivity index (χ0) is 22.1. The Morgan fingerprint density at radius 3 is 2.84 bits per heavy atom. The summed E-state index contributed by atoms with van der Waals surface area (Å²) in [7, 11) is 0. The standard InChI is InChI=1S/C20H21ClN6O4/c1-10-8-13(4-5-14(10)21)17-25-18(31-26-17)11(2)23-19-22-7-6-16(24-19)27-15(12(3)28)9-30-20(27)29/h4-8,11-12,15,28H,9H2,1-3H3,(H,22,23,24)/t11-,12+,15+/m0/s1. The second-order valence-electron chi connectivity index (χ2n) is 7.28. The lowest BCUT2D eigenvalue weighted by Crippen LogP contribution is -2.41. The first-order valence-electron chi connectivity index (χ1n) is 9.67. The molecular weight excluding hydrogens is 424 g/mol. The average Bonchev–Trinajstić information content (AvgIpc) is 3.37. The molecule has 0 spiro atoms. The van der Waals surface area contributed by atoms with Gasteiger partial charge in [-0.05, 0) is 50.6 Å². The maximum Gasteiger partial charge on any atom is 0.416 e. The fraction of sp³-hybridized carbons (Fsp3) is 0.350. The van der Waals surface area contributed by atoms with Crippen LogP contribution >= 0.6 is 11.6 Å². The number of nitrogens with zero attached hydrogens (tertiary/aromatic N) is 5. The number of anilines is 2. The minimum Gasteiger partial charge on any atom is -0.447 e. The van der Waals surface area contributed by atoms with Crippen molar-refractivity contribution in [3.63, 3.8) is 0 Å². The number of carbonyl (C=O) groups is 1. The number of nitrogens with one attached hydrogen (secondary N) is 1. The number of aliphatic hydroxyl groups is 1. The molecule has 3 atom stereocenters. The van der Waals surface area contributed by atoms with Crippen LogP contribution in [0.4, 0.5) is 16.6 Å². The molecule has 0 unspecified atom stereocenters. The monoisotopic (exact) mass is 444 g/mol. The number of aliphatic hydroxyl groups excluding tert-OH is 1. The minimum atomic E-state index is -0.773. The van der Waals surface area contributed by atoms with E-state index in [1.165, 1.54) is 11.1 Å². The first-order valence-corrected chi connectivity index (χ1v) is 10.0. The molecule has 1 amide bonds. The molecule has 1 aliphatic rings. The lowest BCUT2D eigenvalue weighted by Gasteiger charge is -2.22. The fourth-order valence-electron chi connectivity index (χ4n) is 3.17. The van der Waals surface area contributed by atoms with Crippen molar-refractivity contribution >= 4 is 29.5 Å². The Hall–Kier alpha value is -3.24. The molecule has 1 aliphatic heterocycles. The summed E-state index contributed by atoms with van der Waals surface area (Å²) in [6.45, 7) is 5.41. The Morgan fingerprint density at radius 2 is 2.10 bits per heavy atom. The topological polar surface area (TPSA) is 127 Å². The van der Waals surface area contributed by atoms with Crippen molar-refractivity contribution < 1.29 is 19.2 Å². The van der Waals surface area contributed by atoms with Crippen molar-refractivity contribution in [2.75, 3.05) is 16.8 Å². The third-order valence-electron chi connectivity index (χ3n) is 4.92. The molecule has 2 N–H and O–H groups in total. The summed E-state index contributed by atoms with van der Waals surface area (Å²) in [4.78, 5) is 26.4. The summed E-state index contributed by atoms with van der Waals surface area (Å²) in [5, 5.41) is 17.7. The van der Waals surface area contributed by atoms with Crippen LogP contribution in [0.1, 0.15) is 31.3 Å². The second-order valence-corrected chi connectivity index (χ2v) is 7.69. The normalized spacial score (nSPS) is 18.0. The number of carbonyl (C=O) groups excluding carboxylic acids is 1. The highest BCUT2D eigenvalue weighted by Gasteiger charge is 2.38. The van der Waals surface area contributed by atoms with Crippen molar-refractivity contribution in [2.24, 2.45) is 0 Å². The van der Waals surface area contributed by atoms with E-state index in [0.717, 1.165) is 11.1 Å². The summed E-state index contributed by atoms with van der Waals surface area (Å²) >= 11 is 6.07. The van der Waals surface area contributed by atoms with E-state index in [0.29, 0.717) is 22.6 Å². The van der Waals surface area contributed by atoms with E-state index in [-0.39, 0.29) is 12.6 Å². The highest BCUT2D eigenvalue weighted by molar-refractivity contribution is 6.31. The summed E-state index contributed by atoms with van der Waals surface area (Å²) < 4.78 is 10.4. The molecule has 31 heavy (non-hydrogen) atoms. The van der Waals surface area contributed by atoms with E-state index in [1.54, 1.807) is 19.1 Å². The molecule has 0 radical (unpaired) electrons. The molecule has 3 heterocycles. The van der Waals surface area contributed by atoms with Gasteiger partial charge in [-0.15, -0.1) is 0 Å². The SMILES string of the molecule is Cc1cc(-c2noc([C@H](C)Nc3nccc(N4C(=O)OC[C@@H]4[C@@H](C)O)n3)n2)ccc1Cl. The molecule has 11 heteroatoms. The smallest absolute Gasteiger partial charge is 0.416 e. The van der Waals surface area contributed by atoms with Gasteiger partial charge in [-0.1, -0.05) is 16.8 Å². The van der Waals surface area contributed by atoms with E-state index in [1.807, 2.05) is 26.0 Å². The number of amides is 1. The van der Waals surface area contributed by atoms with Crippen LogP contribution in [0.25, 0.3) is 11.4 Å². The van der Waals surface area contributed by atoms with Gasteiger partial charge >= 0.3 is 6.09 Å². The second kappa shape index (κ2) is 8.48. The highest BCUT2D eigenvalue weighted by Crippen LogP contribution is 2.26. The molecule has 1 aromatic carbocycles. The van der Waals surface area contributed by atoms with Gasteiger partial charge in [-0.3, -0.25) is 4.90 Å². The largest absolute Gasteiger partial charge is 0.447 e. The van der Waals surface area contributed by atoms with Crippen LogP contribution in [0.5, 0.6) is 0 Å². The molecule has 1 saturated heterocycles. The summed E-state index contributed by atoms with van der Waals surface area (Å²) in [5.74, 6) is 1.37. The number of ether oxygens (including phenoxy) is 1. The number of cyclic esters (lactones) is 1. The lowest BCUT2D eigenvalue weighted by atomic mass is 10.1. The molecule has 4 rings (SSSR count). The number of aromatic nitrogens is 4. The molecule has 0 saturated carbocycles. The first kappa shape index (κ1) is 21.0. The predicted octanol–water partition coefficient (Wildman–Crippen LogP) is 3.37. The Labute approximate surface area is 183 Å². The van der Waals surface area contributed by atoms with E-state index in [9.17, 15) is 9.90 Å². The quantitative estimate of drug-likeness (QED) is 0.588. The minimum absolute atomic E-state index is 0.0919. The number of aryl methyl sites for hydroxylation is 1. The third-order valence-corrected chi connectivity index (χ3v) is 5.35. The number of hydrogen-bond donors (Lipinski definition) is 2. The number of rotatable bonds is 6. The van der Waals surface area contributed by atoms with Gasteiger partial charge < -0.3 is 19.7 Å². The van der Waals surface area contributed by atoms with Crippen LogP contribution in [-0.4, -0.2) is 50.1 Å². The van der Waals surface area contributed by atoms with Crippen molar-refractivity contribution in [1.82, 2.24) is 20.1 Å². The molecule has 162 valence electrons. The summed E-state index contributed by atoms with van der Waals surface area (Å²) in [6, 6.07) is 6.15. The van der Waals surface area contributed by atoms with Gasteiger partial charge in [0.05, 0.1) is 6.10 Å². The van der Waals surface area contributed by atoms with Crippen LogP contribution in [0.15, 0.2) is 35.0 Å². The van der Waals surface area contributed by atoms with Crippen LogP contribution in [0.2, 0.25) is 5.02 Å². The Kier molecular flexibility index (Phi) is 5.75. The van der Waals surface area contributed by atoms with Crippen molar-refractivity contribution in [1.29, 1.82) is 0 Å². The zero-order valence-electron chi connectivity index (χ0n) is 17.1. The van der Waals surface area contributed by atoms with E-state index < -0.39 is 24.3 Å². The van der Waals surface area contributed by atoms with Crippen molar-refractivity contribution in [3.8, 4) is 11.4 Å². The van der Waals surface area contributed by atoms with Gasteiger partial charge in [0.15, 0.2) is 0 Å². The molecule has 0 aliphatic carbocycles. The zero-order valence-corrected chi connectivity index (χ0v) is 17.9. The third kappa shape index (κ3) is 4.30. The Bertz CT molecular complexity index is 1100. The van der Waals surface area contributed by atoms with Gasteiger partial charge in [0, 0.05) is 16.8 Å². The van der Waals surface area contributed by atoms with Gasteiger partial charge in [-0.2, -0.15) is 9.97 Å². The van der Waals surface area contributed by atoms with Gasteiger partial charge in [0.25, 0.3) is 0 Å². The van der Waals surface area contributed by atoms with E-state index in [2.05, 4.69) is 25.4 Å². The van der Waals surface area contributed by atoms with Crippen molar-refractivity contribution in [2.45, 2.75) is 39.0 Å². The van der Waals surface area contributed by atoms with Crippen molar-refractivity contribution in [3.05, 3.63) is 46.9 Å². The number of benzene rings is 1. The predicted molar refractivity (Wildman–Crippen MR) is 113 cm³/mol. The molecular formula is C20H21ClN6O4. The fourth-order valence-corrected chi connectivity index (χ4v) is 3.29. The van der Waals surface area contributed by atoms with Gasteiger partial charge in [-0.25, -0.2) is 9.78 Å². The molecule has 10 nitrogen and oxygen atoms in total. The number of hydrogen-bond acceptors (Lipinski definition) is 9. The van der Waals surface area contributed by atoms with Gasteiger partial charge in [0.2, 0.25) is 17.7 Å². The molecule has 3 aromatic rings. The Morgan fingerprint density at radius 1 is 1.29 bits per heavy atom. The van der Waals surface area contributed by atoms with Crippen LogP contribution in [0, 0.1) is 6.92 Å². The average molecular weight is 445 g/mol. The molecule has 1 fully saturated rings. The Balaban J connectivity index is 1.51. The highest BCUT2D eigenvalue weighted by atomic mass is 35.5. The first-order chi connectivity index (χ1) is 14.8. The summed E-state index contributed by atoms with van der Waals surface area (Å²) in [6.07, 6.45) is 0.172. The maximum absolute atomic E-state index is 12.1.